The maximum Gasteiger partial charge on any atom is 0.0613 e. The van der Waals surface area contributed by atoms with Gasteiger partial charge < -0.3 is 5.11 Å². The number of hydrogen-bond donors (Lipinski definition) is 1. The molecule has 0 aromatic heterocycles. The van der Waals surface area contributed by atoms with Crippen molar-refractivity contribution >= 4 is 5.71 Å². The number of aliphatic hydroxyl groups excluding tert-OH is 1. The number of benzene rings is 2. The minimum Gasteiger partial charge on any atom is -0.393 e. The monoisotopic (exact) mass is 319 g/mol. The van der Waals surface area contributed by atoms with E-state index in [2.05, 4.69) is 60.7 Å². The highest BCUT2D eigenvalue weighted by Crippen LogP contribution is 2.19. The molecule has 24 heavy (non-hydrogen) atoms. The molecule has 0 radical (unpaired) electrons. The Morgan fingerprint density at radius 2 is 1.67 bits per heavy atom. The Morgan fingerprint density at radius 3 is 2.33 bits per heavy atom. The van der Waals surface area contributed by atoms with E-state index in [9.17, 15) is 5.11 Å². The third-order valence-electron chi connectivity index (χ3n) is 4.47. The van der Waals surface area contributed by atoms with Crippen LogP contribution in [-0.4, -0.2) is 23.5 Å². The van der Waals surface area contributed by atoms with Crippen molar-refractivity contribution in [1.29, 1.82) is 0 Å². The molecule has 0 bridgehead atoms. The highest BCUT2D eigenvalue weighted by atomic mass is 16.3. The van der Waals surface area contributed by atoms with E-state index >= 15 is 0 Å². The van der Waals surface area contributed by atoms with Crippen LogP contribution >= 0.6 is 0 Å². The SMILES string of the molecule is OC1CCN=C(/C(=C/CCc2ccccc2)Cc2ccccc2)C1. The van der Waals surface area contributed by atoms with E-state index in [-0.39, 0.29) is 6.10 Å². The number of aryl methyl sites for hydroxylation is 1. The molecule has 2 nitrogen and oxygen atoms in total. The van der Waals surface area contributed by atoms with Crippen molar-refractivity contribution in [1.82, 2.24) is 0 Å². The minimum atomic E-state index is -0.245. The summed E-state index contributed by atoms with van der Waals surface area (Å²) in [7, 11) is 0. The summed E-state index contributed by atoms with van der Waals surface area (Å²) in [5.74, 6) is 0. The van der Waals surface area contributed by atoms with Crippen LogP contribution in [0.25, 0.3) is 0 Å². The topological polar surface area (TPSA) is 32.6 Å². The highest BCUT2D eigenvalue weighted by Gasteiger charge is 2.17. The second-order valence-electron chi connectivity index (χ2n) is 6.39. The molecule has 1 aliphatic rings. The molecule has 1 unspecified atom stereocenters. The van der Waals surface area contributed by atoms with Crippen molar-refractivity contribution in [2.45, 2.75) is 38.2 Å². The van der Waals surface area contributed by atoms with E-state index in [1.165, 1.54) is 16.7 Å². The molecule has 1 aliphatic heterocycles. The minimum absolute atomic E-state index is 0.245. The number of aliphatic hydroxyl groups is 1. The second kappa shape index (κ2) is 8.60. The van der Waals surface area contributed by atoms with E-state index in [0.29, 0.717) is 6.42 Å². The van der Waals surface area contributed by atoms with E-state index < -0.39 is 0 Å². The Hall–Kier alpha value is -2.19. The summed E-state index contributed by atoms with van der Waals surface area (Å²) < 4.78 is 0. The number of rotatable bonds is 6. The molecule has 0 spiro atoms. The van der Waals surface area contributed by atoms with Crippen LogP contribution in [0.5, 0.6) is 0 Å². The molecule has 2 aromatic rings. The highest BCUT2D eigenvalue weighted by molar-refractivity contribution is 6.01. The van der Waals surface area contributed by atoms with Gasteiger partial charge in [0.1, 0.15) is 0 Å². The lowest BCUT2D eigenvalue weighted by atomic mass is 9.93. The van der Waals surface area contributed by atoms with Crippen molar-refractivity contribution in [3.05, 3.63) is 83.4 Å². The van der Waals surface area contributed by atoms with Crippen LogP contribution in [0.2, 0.25) is 0 Å². The number of nitrogens with zero attached hydrogens (tertiary/aromatic N) is 1. The smallest absolute Gasteiger partial charge is 0.0613 e. The molecule has 0 saturated heterocycles. The Balaban J connectivity index is 1.73. The summed E-state index contributed by atoms with van der Waals surface area (Å²) in [5, 5.41) is 9.99. The molecular formula is C22H25NO. The van der Waals surface area contributed by atoms with Gasteiger partial charge in [-0.2, -0.15) is 0 Å². The number of allylic oxidation sites excluding steroid dienone is 2. The van der Waals surface area contributed by atoms with Gasteiger partial charge in [0.25, 0.3) is 0 Å². The maximum atomic E-state index is 9.99. The van der Waals surface area contributed by atoms with Crippen LogP contribution in [0.1, 0.15) is 30.4 Å². The second-order valence-corrected chi connectivity index (χ2v) is 6.39. The first-order valence-corrected chi connectivity index (χ1v) is 8.80. The van der Waals surface area contributed by atoms with Crippen molar-refractivity contribution in [3.63, 3.8) is 0 Å². The van der Waals surface area contributed by atoms with Gasteiger partial charge in [0.2, 0.25) is 0 Å². The lowest BCUT2D eigenvalue weighted by Gasteiger charge is -2.20. The summed E-state index contributed by atoms with van der Waals surface area (Å²) in [6.45, 7) is 0.737. The first-order valence-electron chi connectivity index (χ1n) is 8.80. The van der Waals surface area contributed by atoms with E-state index in [1.807, 2.05) is 6.07 Å². The van der Waals surface area contributed by atoms with Gasteiger partial charge in [0.05, 0.1) is 6.10 Å². The van der Waals surface area contributed by atoms with E-state index in [1.54, 1.807) is 0 Å². The summed E-state index contributed by atoms with van der Waals surface area (Å²) in [6.07, 6.45) is 6.47. The Kier molecular flexibility index (Phi) is 5.97. The van der Waals surface area contributed by atoms with Crippen LogP contribution in [-0.2, 0) is 12.8 Å². The molecular weight excluding hydrogens is 294 g/mol. The number of hydrogen-bond acceptors (Lipinski definition) is 2. The summed E-state index contributed by atoms with van der Waals surface area (Å²) >= 11 is 0. The van der Waals surface area contributed by atoms with Crippen LogP contribution < -0.4 is 0 Å². The Morgan fingerprint density at radius 1 is 1.00 bits per heavy atom. The molecule has 0 saturated carbocycles. The maximum absolute atomic E-state index is 9.99. The fourth-order valence-corrected chi connectivity index (χ4v) is 3.14. The summed E-state index contributed by atoms with van der Waals surface area (Å²) in [4.78, 5) is 4.69. The molecule has 0 aliphatic carbocycles. The lowest BCUT2D eigenvalue weighted by molar-refractivity contribution is 0.170. The van der Waals surface area contributed by atoms with Crippen molar-refractivity contribution < 1.29 is 5.11 Å². The van der Waals surface area contributed by atoms with Gasteiger partial charge in [-0.1, -0.05) is 66.7 Å². The summed E-state index contributed by atoms with van der Waals surface area (Å²) in [5.41, 5.74) is 5.02. The molecule has 124 valence electrons. The zero-order chi connectivity index (χ0) is 16.6. The molecule has 1 heterocycles. The number of aliphatic imine (C=N–C) groups is 1. The third kappa shape index (κ3) is 4.90. The van der Waals surface area contributed by atoms with Gasteiger partial charge in [-0.15, -0.1) is 0 Å². The summed E-state index contributed by atoms with van der Waals surface area (Å²) in [6, 6.07) is 21.1. The average Bonchev–Trinajstić information content (AvgIpc) is 2.63. The molecule has 2 aromatic carbocycles. The first kappa shape index (κ1) is 16.7. The van der Waals surface area contributed by atoms with Crippen LogP contribution in [0.3, 0.4) is 0 Å². The predicted molar refractivity (Wildman–Crippen MR) is 101 cm³/mol. The fourth-order valence-electron chi connectivity index (χ4n) is 3.14. The third-order valence-corrected chi connectivity index (χ3v) is 4.47. The first-order chi connectivity index (χ1) is 11.8. The Bertz CT molecular complexity index is 688. The average molecular weight is 319 g/mol. The van der Waals surface area contributed by atoms with Gasteiger partial charge in [-0.3, -0.25) is 4.99 Å². The zero-order valence-electron chi connectivity index (χ0n) is 14.1. The standard InChI is InChI=1S/C22H25NO/c24-21-14-15-23-22(17-21)20(16-19-10-5-2-6-11-19)13-7-12-18-8-3-1-4-9-18/h1-6,8-11,13,21,24H,7,12,14-17H2/b20-13+. The van der Waals surface area contributed by atoms with Crippen LogP contribution in [0.15, 0.2) is 77.3 Å². The normalized spacial score (nSPS) is 18.3. The Labute approximate surface area is 144 Å². The van der Waals surface area contributed by atoms with Gasteiger partial charge in [0.15, 0.2) is 0 Å². The van der Waals surface area contributed by atoms with E-state index in [0.717, 1.165) is 37.9 Å². The predicted octanol–water partition coefficient (Wildman–Crippen LogP) is 4.38. The van der Waals surface area contributed by atoms with Gasteiger partial charge in [0, 0.05) is 18.7 Å². The van der Waals surface area contributed by atoms with Crippen molar-refractivity contribution in [3.8, 4) is 0 Å². The largest absolute Gasteiger partial charge is 0.393 e. The van der Waals surface area contributed by atoms with Crippen LogP contribution in [0, 0.1) is 0 Å². The zero-order valence-corrected chi connectivity index (χ0v) is 14.1. The van der Waals surface area contributed by atoms with Crippen LogP contribution in [0.4, 0.5) is 0 Å². The van der Waals surface area contributed by atoms with Crippen molar-refractivity contribution in [2.75, 3.05) is 6.54 Å². The van der Waals surface area contributed by atoms with Gasteiger partial charge >= 0.3 is 0 Å². The molecule has 3 rings (SSSR count). The lowest BCUT2D eigenvalue weighted by Crippen LogP contribution is -2.22. The fraction of sp³-hybridized carbons (Fsp3) is 0.318. The molecule has 0 fully saturated rings. The molecule has 2 heteroatoms. The quantitative estimate of drug-likeness (QED) is 0.842. The van der Waals surface area contributed by atoms with Gasteiger partial charge in [-0.25, -0.2) is 0 Å². The molecule has 0 amide bonds. The van der Waals surface area contributed by atoms with Crippen molar-refractivity contribution in [2.24, 2.45) is 4.99 Å². The molecule has 1 N–H and O–H groups in total. The van der Waals surface area contributed by atoms with Gasteiger partial charge in [-0.05, 0) is 42.4 Å². The van der Waals surface area contributed by atoms with E-state index in [4.69, 9.17) is 4.99 Å². The molecule has 1 atom stereocenters.